The van der Waals surface area contributed by atoms with Gasteiger partial charge in [-0.2, -0.15) is 0 Å². The zero-order valence-corrected chi connectivity index (χ0v) is 40.8. The highest BCUT2D eigenvalue weighted by molar-refractivity contribution is 6.30. The van der Waals surface area contributed by atoms with Crippen LogP contribution in [0.4, 0.5) is 11.4 Å². The average Bonchev–Trinajstić information content (AvgIpc) is 3.97. The van der Waals surface area contributed by atoms with E-state index < -0.39 is 28.9 Å². The largest absolute Gasteiger partial charge is 0.481 e. The number of aryl methyl sites for hydroxylation is 2. The van der Waals surface area contributed by atoms with E-state index in [1.807, 2.05) is 0 Å². The number of fused-ring (bicyclic) bond motifs is 4. The minimum absolute atomic E-state index is 0.0136. The molecule has 10 N–H and O–H groups in total. The van der Waals surface area contributed by atoms with Crippen LogP contribution in [0, 0.1) is 0 Å². The second kappa shape index (κ2) is 23.3. The minimum atomic E-state index is -1.04. The molecule has 0 aliphatic carbocycles. The molecule has 10 aromatic rings. The summed E-state index contributed by atoms with van der Waals surface area (Å²) >= 11 is 11.7. The first-order valence-electron chi connectivity index (χ1n) is 22.8. The van der Waals surface area contributed by atoms with E-state index in [9.17, 15) is 38.4 Å². The second-order valence-electron chi connectivity index (χ2n) is 16.6. The fraction of sp³-hybridized carbons (Fsp3) is 0.115. The van der Waals surface area contributed by atoms with Crippen molar-refractivity contribution >= 4 is 102 Å². The summed E-state index contributed by atoms with van der Waals surface area (Å²) < 4.78 is 2.56. The summed E-state index contributed by atoms with van der Waals surface area (Å²) in [4.78, 5) is 116. The molecule has 0 spiro atoms. The molecule has 23 heteroatoms. The molecule has 0 fully saturated rings. The smallest absolute Gasteiger partial charge is 0.323 e. The van der Waals surface area contributed by atoms with Crippen molar-refractivity contribution in [2.75, 3.05) is 11.1 Å². The predicted octanol–water partition coefficient (Wildman–Crippen LogP) is 6.07. The average molecular weight is 1050 g/mol. The number of aromatic nitrogens is 8. The Bertz CT molecular complexity index is 4010. The molecule has 6 aromatic heterocycles. The summed E-state index contributed by atoms with van der Waals surface area (Å²) in [5.74, 6) is -2.45. The number of nitrogens with zero attached hydrogens (tertiary/aromatic N) is 4. The summed E-state index contributed by atoms with van der Waals surface area (Å²) in [5, 5.41) is 19.5. The van der Waals surface area contributed by atoms with Crippen LogP contribution in [0.25, 0.3) is 44.1 Å². The Hall–Kier alpha value is -9.60. The molecule has 0 atom stereocenters. The van der Waals surface area contributed by atoms with Gasteiger partial charge in [0.25, 0.3) is 22.9 Å². The summed E-state index contributed by atoms with van der Waals surface area (Å²) in [6.45, 7) is 0.398. The van der Waals surface area contributed by atoms with Gasteiger partial charge in [-0.1, -0.05) is 47.5 Å². The van der Waals surface area contributed by atoms with Crippen LogP contribution in [-0.2, 0) is 35.8 Å². The fourth-order valence-electron chi connectivity index (χ4n) is 7.72. The van der Waals surface area contributed by atoms with Crippen LogP contribution < -0.4 is 44.2 Å². The highest BCUT2D eigenvalue weighted by atomic mass is 35.5. The lowest BCUT2D eigenvalue weighted by molar-refractivity contribution is -0.137. The van der Waals surface area contributed by atoms with Crippen LogP contribution in [0.2, 0.25) is 10.0 Å². The Balaban J connectivity index is 0.000000170. The number of rotatable bonds is 13. The van der Waals surface area contributed by atoms with E-state index in [4.69, 9.17) is 34.0 Å². The number of H-pyrrole nitrogens is 4. The van der Waals surface area contributed by atoms with E-state index in [2.05, 4.69) is 45.9 Å². The first kappa shape index (κ1) is 51.7. The van der Waals surface area contributed by atoms with Gasteiger partial charge < -0.3 is 46.7 Å². The van der Waals surface area contributed by atoms with Crippen LogP contribution in [0.3, 0.4) is 0 Å². The van der Waals surface area contributed by atoms with Crippen LogP contribution >= 0.6 is 23.2 Å². The first-order chi connectivity index (χ1) is 36.1. The van der Waals surface area contributed by atoms with Gasteiger partial charge in [-0.15, -0.1) is 0 Å². The minimum Gasteiger partial charge on any atom is -0.481 e. The summed E-state index contributed by atoms with van der Waals surface area (Å²) in [7, 11) is 0. The van der Waals surface area contributed by atoms with Crippen molar-refractivity contribution in [2.45, 2.75) is 39.0 Å². The van der Waals surface area contributed by atoms with Crippen molar-refractivity contribution in [2.24, 2.45) is 0 Å². The molecule has 4 aromatic carbocycles. The Morgan fingerprint density at radius 3 is 1.51 bits per heavy atom. The van der Waals surface area contributed by atoms with E-state index >= 15 is 0 Å². The number of carboxylic acid groups (broad SMARTS) is 1. The van der Waals surface area contributed by atoms with Gasteiger partial charge in [-0.3, -0.25) is 37.9 Å². The number of aromatic amines is 4. The molecule has 0 aliphatic heterocycles. The third-order valence-electron chi connectivity index (χ3n) is 11.4. The highest BCUT2D eigenvalue weighted by Crippen LogP contribution is 2.18. The number of amides is 3. The Morgan fingerprint density at radius 2 is 1.01 bits per heavy atom. The van der Waals surface area contributed by atoms with Gasteiger partial charge in [-0.05, 0) is 108 Å². The van der Waals surface area contributed by atoms with Crippen molar-refractivity contribution in [3.63, 3.8) is 0 Å². The number of benzene rings is 4. The lowest BCUT2D eigenvalue weighted by atomic mass is 10.1. The maximum Gasteiger partial charge on any atom is 0.323 e. The van der Waals surface area contributed by atoms with Crippen molar-refractivity contribution < 1.29 is 24.3 Å². The van der Waals surface area contributed by atoms with Crippen LogP contribution in [-0.4, -0.2) is 67.8 Å². The molecule has 0 saturated carbocycles. The maximum atomic E-state index is 13.3. The van der Waals surface area contributed by atoms with Gasteiger partial charge in [0, 0.05) is 77.2 Å². The Morgan fingerprint density at radius 1 is 0.560 bits per heavy atom. The lowest BCUT2D eigenvalue weighted by Crippen LogP contribution is -2.34. The molecular weight excluding hydrogens is 1010 g/mol. The maximum absolute atomic E-state index is 13.3. The molecule has 3 amide bonds. The van der Waals surface area contributed by atoms with Gasteiger partial charge in [0.2, 0.25) is 5.91 Å². The Labute approximate surface area is 432 Å². The van der Waals surface area contributed by atoms with Crippen molar-refractivity contribution in [1.29, 1.82) is 0 Å². The standard InChI is InChI=1S/C26H21ClN6O4.C19H16ClN3O4.C7H7N3O/c27-17-5-3-15(4-6-17)14-29-24(35)19-12-16-2-1-10-28-23(16)33(25(19)36)11-9-22(34)30-18-7-8-20-21(13-18)32-26(37)31-20;20-14-5-3-12(4-6-14)11-22-18(26)15-10-13-2-1-8-21-17(13)23(19(15)27)9-7-16(24)25;8-4-1-2-5-6(3-4)10-7(11)9-5/h1-8,10,12-13H,9,11,14H2,(H,29,35)(H,30,34)(H2,31,32,37);1-6,8,10H,7,9,11H2,(H,22,26)(H,24,25);1-3H,8H2,(H2,9,10,11). The van der Waals surface area contributed by atoms with Crippen LogP contribution in [0.5, 0.6) is 0 Å². The number of carbonyl (C=O) groups is 4. The number of halogens is 2. The summed E-state index contributed by atoms with van der Waals surface area (Å²) in [5.41, 5.74) is 9.98. The number of nitrogen functional groups attached to an aromatic ring is 1. The van der Waals surface area contributed by atoms with Crippen molar-refractivity contribution in [3.8, 4) is 0 Å². The normalized spacial score (nSPS) is 10.9. The van der Waals surface area contributed by atoms with Crippen LogP contribution in [0.15, 0.2) is 153 Å². The van der Waals surface area contributed by atoms with E-state index in [0.29, 0.717) is 54.5 Å². The van der Waals surface area contributed by atoms with E-state index in [1.165, 1.54) is 27.5 Å². The van der Waals surface area contributed by atoms with Gasteiger partial charge in [0.15, 0.2) is 0 Å². The fourth-order valence-corrected chi connectivity index (χ4v) is 7.97. The number of carbonyl (C=O) groups excluding carboxylic acids is 3. The number of hydrogen-bond donors (Lipinski definition) is 9. The van der Waals surface area contributed by atoms with Crippen molar-refractivity contribution in [1.82, 2.24) is 49.7 Å². The van der Waals surface area contributed by atoms with Gasteiger partial charge in [0.05, 0.1) is 28.5 Å². The number of aliphatic carboxylic acids is 1. The first-order valence-corrected chi connectivity index (χ1v) is 23.6. The van der Waals surface area contributed by atoms with Gasteiger partial charge in [0.1, 0.15) is 22.4 Å². The highest BCUT2D eigenvalue weighted by Gasteiger charge is 2.19. The molecule has 0 bridgehead atoms. The van der Waals surface area contributed by atoms with Crippen LogP contribution in [0.1, 0.15) is 44.7 Å². The van der Waals surface area contributed by atoms with Crippen molar-refractivity contribution in [3.05, 3.63) is 208 Å². The number of carboxylic acids is 1. The topological polar surface area (TPSA) is 318 Å². The van der Waals surface area contributed by atoms with Gasteiger partial charge in [-0.25, -0.2) is 19.6 Å². The number of imidazole rings is 2. The number of nitrogens with one attached hydrogen (secondary N) is 7. The molecule has 0 saturated heterocycles. The third kappa shape index (κ3) is 13.1. The zero-order chi connectivity index (χ0) is 53.2. The van der Waals surface area contributed by atoms with Gasteiger partial charge >= 0.3 is 17.3 Å². The zero-order valence-electron chi connectivity index (χ0n) is 39.3. The third-order valence-corrected chi connectivity index (χ3v) is 11.9. The molecule has 380 valence electrons. The van der Waals surface area contributed by atoms with E-state index in [-0.39, 0.29) is 67.4 Å². The number of anilines is 2. The lowest BCUT2D eigenvalue weighted by Gasteiger charge is -2.13. The SMILES string of the molecule is Nc1ccc2[nH]c(=O)[nH]c2c1.O=C(CCn1c(=O)c(C(=O)NCc2ccc(Cl)cc2)cc2cccnc21)Nc1ccc2[nH]c(=O)[nH]c2c1.O=C(O)CCn1c(=O)c(C(=O)NCc2ccc(Cl)cc2)cc2cccnc21. The quantitative estimate of drug-likeness (QED) is 0.0594. The number of hydrogen-bond acceptors (Lipinski definition) is 11. The molecule has 6 heterocycles. The molecule has 0 unspecified atom stereocenters. The molecular formula is C52H44Cl2N12O9. The molecule has 0 aliphatic rings. The Kier molecular flexibility index (Phi) is 16.1. The molecule has 75 heavy (non-hydrogen) atoms. The molecule has 0 radical (unpaired) electrons. The molecule has 21 nitrogen and oxygen atoms in total. The van der Waals surface area contributed by atoms with E-state index in [0.717, 1.165) is 22.2 Å². The summed E-state index contributed by atoms with van der Waals surface area (Å²) in [6, 6.07) is 34.0. The summed E-state index contributed by atoms with van der Waals surface area (Å²) in [6.07, 6.45) is 2.77. The number of nitrogens with two attached hydrogens (primary N) is 1. The monoisotopic (exact) mass is 1050 g/mol. The predicted molar refractivity (Wildman–Crippen MR) is 285 cm³/mol. The van der Waals surface area contributed by atoms with E-state index in [1.54, 1.807) is 115 Å². The second-order valence-corrected chi connectivity index (χ2v) is 17.5. The molecule has 10 rings (SSSR count). The number of pyridine rings is 4.